The lowest BCUT2D eigenvalue weighted by molar-refractivity contribution is -0.139. The van der Waals surface area contributed by atoms with Crippen LogP contribution in [-0.4, -0.2) is 25.6 Å². The highest BCUT2D eigenvalue weighted by Gasteiger charge is 2.13. The van der Waals surface area contributed by atoms with Crippen LogP contribution in [0.1, 0.15) is 31.9 Å². The molecule has 1 amide bonds. The number of rotatable bonds is 6. The van der Waals surface area contributed by atoms with Crippen LogP contribution in [0.4, 0.5) is 5.69 Å². The van der Waals surface area contributed by atoms with E-state index in [0.717, 1.165) is 5.56 Å². The maximum atomic E-state index is 12.0. The minimum Gasteiger partial charge on any atom is -0.484 e. The quantitative estimate of drug-likeness (QED) is 0.802. The molecule has 1 N–H and O–H groups in total. The largest absolute Gasteiger partial charge is 0.484 e. The smallest absolute Gasteiger partial charge is 0.309 e. The SMILES string of the molecule is COC(=O)Cc1ccc(NC(=O)COc2ccc(C(C)(C)C)cc2)cc1. The minimum absolute atomic E-state index is 0.0707. The van der Waals surface area contributed by atoms with Gasteiger partial charge in [0.1, 0.15) is 5.75 Å². The fraction of sp³-hybridized carbons (Fsp3) is 0.333. The van der Waals surface area contributed by atoms with E-state index in [0.29, 0.717) is 11.4 Å². The van der Waals surface area contributed by atoms with Gasteiger partial charge in [0, 0.05) is 5.69 Å². The van der Waals surface area contributed by atoms with Gasteiger partial charge in [-0.05, 0) is 40.8 Å². The standard InChI is InChI=1S/C21H25NO4/c1-21(2,3)16-7-11-18(12-8-16)26-14-19(23)22-17-9-5-15(6-10-17)13-20(24)25-4/h5-12H,13-14H2,1-4H3,(H,22,23). The zero-order valence-electron chi connectivity index (χ0n) is 15.7. The van der Waals surface area contributed by atoms with Crippen LogP contribution >= 0.6 is 0 Å². The molecular formula is C21H25NO4. The molecule has 0 unspecified atom stereocenters. The van der Waals surface area contributed by atoms with Gasteiger partial charge in [-0.2, -0.15) is 0 Å². The first-order chi connectivity index (χ1) is 12.3. The van der Waals surface area contributed by atoms with Gasteiger partial charge in [0.05, 0.1) is 13.5 Å². The third kappa shape index (κ3) is 5.92. The van der Waals surface area contributed by atoms with Gasteiger partial charge in [0.25, 0.3) is 5.91 Å². The number of ether oxygens (including phenoxy) is 2. The first kappa shape index (κ1) is 19.5. The summed E-state index contributed by atoms with van der Waals surface area (Å²) in [5.41, 5.74) is 2.76. The summed E-state index contributed by atoms with van der Waals surface area (Å²) < 4.78 is 10.1. The van der Waals surface area contributed by atoms with E-state index in [1.807, 2.05) is 24.3 Å². The van der Waals surface area contributed by atoms with Crippen LogP contribution in [-0.2, 0) is 26.2 Å². The molecule has 0 aliphatic heterocycles. The van der Waals surface area contributed by atoms with E-state index in [9.17, 15) is 9.59 Å². The van der Waals surface area contributed by atoms with Crippen molar-refractivity contribution in [1.29, 1.82) is 0 Å². The lowest BCUT2D eigenvalue weighted by Crippen LogP contribution is -2.20. The molecule has 2 rings (SSSR count). The summed E-state index contributed by atoms with van der Waals surface area (Å²) in [7, 11) is 1.35. The second-order valence-electron chi connectivity index (χ2n) is 7.06. The number of nitrogens with one attached hydrogen (secondary N) is 1. The molecule has 138 valence electrons. The Kier molecular flexibility index (Phi) is 6.39. The van der Waals surface area contributed by atoms with Gasteiger partial charge in [0.2, 0.25) is 0 Å². The van der Waals surface area contributed by atoms with Crippen LogP contribution < -0.4 is 10.1 Å². The number of anilines is 1. The molecule has 0 aliphatic carbocycles. The molecule has 0 saturated carbocycles. The lowest BCUT2D eigenvalue weighted by Gasteiger charge is -2.19. The topological polar surface area (TPSA) is 64.6 Å². The van der Waals surface area contributed by atoms with Crippen LogP contribution in [0.5, 0.6) is 5.75 Å². The molecule has 0 heterocycles. The highest BCUT2D eigenvalue weighted by molar-refractivity contribution is 5.91. The monoisotopic (exact) mass is 355 g/mol. The van der Waals surface area contributed by atoms with Gasteiger partial charge in [-0.3, -0.25) is 9.59 Å². The predicted octanol–water partition coefficient (Wildman–Crippen LogP) is 3.72. The van der Waals surface area contributed by atoms with E-state index >= 15 is 0 Å². The first-order valence-corrected chi connectivity index (χ1v) is 8.47. The van der Waals surface area contributed by atoms with Crippen molar-refractivity contribution in [3.05, 3.63) is 59.7 Å². The number of carbonyl (C=O) groups is 2. The van der Waals surface area contributed by atoms with Gasteiger partial charge in [-0.1, -0.05) is 45.0 Å². The molecule has 5 heteroatoms. The second kappa shape index (κ2) is 8.52. The van der Waals surface area contributed by atoms with Crippen LogP contribution in [0, 0.1) is 0 Å². The van der Waals surface area contributed by atoms with Gasteiger partial charge in [0.15, 0.2) is 6.61 Å². The number of benzene rings is 2. The molecule has 0 radical (unpaired) electrons. The molecule has 26 heavy (non-hydrogen) atoms. The third-order valence-electron chi connectivity index (χ3n) is 3.90. The van der Waals surface area contributed by atoms with E-state index in [4.69, 9.17) is 4.74 Å². The summed E-state index contributed by atoms with van der Waals surface area (Å²) in [5.74, 6) is 0.111. The molecule has 0 atom stereocenters. The summed E-state index contributed by atoms with van der Waals surface area (Å²) in [5, 5.41) is 2.76. The molecule has 5 nitrogen and oxygen atoms in total. The molecule has 0 spiro atoms. The van der Waals surface area contributed by atoms with Crippen molar-refractivity contribution < 1.29 is 19.1 Å². The Hall–Kier alpha value is -2.82. The summed E-state index contributed by atoms with van der Waals surface area (Å²) >= 11 is 0. The average Bonchev–Trinajstić information content (AvgIpc) is 2.61. The summed E-state index contributed by atoms with van der Waals surface area (Å²) in [6.07, 6.45) is 0.207. The highest BCUT2D eigenvalue weighted by Crippen LogP contribution is 2.24. The van der Waals surface area contributed by atoms with Crippen molar-refractivity contribution >= 4 is 17.6 Å². The van der Waals surface area contributed by atoms with E-state index in [2.05, 4.69) is 30.8 Å². The Morgan fingerprint density at radius 3 is 2.12 bits per heavy atom. The second-order valence-corrected chi connectivity index (χ2v) is 7.06. The van der Waals surface area contributed by atoms with Gasteiger partial charge >= 0.3 is 5.97 Å². The van der Waals surface area contributed by atoms with Crippen molar-refractivity contribution in [1.82, 2.24) is 0 Å². The summed E-state index contributed by atoms with van der Waals surface area (Å²) in [4.78, 5) is 23.2. The maximum Gasteiger partial charge on any atom is 0.309 e. The van der Waals surface area contributed by atoms with Gasteiger partial charge in [-0.25, -0.2) is 0 Å². The van der Waals surface area contributed by atoms with E-state index < -0.39 is 0 Å². The summed E-state index contributed by atoms with van der Waals surface area (Å²) in [6, 6.07) is 14.8. The number of amides is 1. The van der Waals surface area contributed by atoms with E-state index in [1.165, 1.54) is 12.7 Å². The molecular weight excluding hydrogens is 330 g/mol. The Balaban J connectivity index is 1.84. The van der Waals surface area contributed by atoms with Gasteiger partial charge < -0.3 is 14.8 Å². The van der Waals surface area contributed by atoms with Crippen molar-refractivity contribution in [2.24, 2.45) is 0 Å². The normalized spacial score (nSPS) is 10.9. The Morgan fingerprint density at radius 2 is 1.58 bits per heavy atom. The van der Waals surface area contributed by atoms with Crippen molar-refractivity contribution in [2.45, 2.75) is 32.6 Å². The Bertz CT molecular complexity index is 743. The number of carbonyl (C=O) groups excluding carboxylic acids is 2. The number of hydrogen-bond acceptors (Lipinski definition) is 4. The van der Waals surface area contributed by atoms with Crippen LogP contribution in [0.15, 0.2) is 48.5 Å². The van der Waals surface area contributed by atoms with Crippen LogP contribution in [0.2, 0.25) is 0 Å². The maximum absolute atomic E-state index is 12.0. The van der Waals surface area contributed by atoms with Gasteiger partial charge in [-0.15, -0.1) is 0 Å². The third-order valence-corrected chi connectivity index (χ3v) is 3.90. The van der Waals surface area contributed by atoms with Crippen molar-refractivity contribution in [3.63, 3.8) is 0 Å². The lowest BCUT2D eigenvalue weighted by atomic mass is 9.87. The van der Waals surface area contributed by atoms with Crippen LogP contribution in [0.25, 0.3) is 0 Å². The Morgan fingerprint density at radius 1 is 0.962 bits per heavy atom. The predicted molar refractivity (Wildman–Crippen MR) is 101 cm³/mol. The molecule has 0 saturated heterocycles. The molecule has 2 aromatic rings. The zero-order valence-corrected chi connectivity index (χ0v) is 15.7. The molecule has 0 aliphatic rings. The summed E-state index contributed by atoms with van der Waals surface area (Å²) in [6.45, 7) is 6.37. The molecule has 0 aromatic heterocycles. The minimum atomic E-state index is -0.298. The number of hydrogen-bond donors (Lipinski definition) is 1. The van der Waals surface area contributed by atoms with Crippen molar-refractivity contribution in [3.8, 4) is 5.75 Å². The number of esters is 1. The molecule has 2 aromatic carbocycles. The van der Waals surface area contributed by atoms with E-state index in [-0.39, 0.29) is 30.3 Å². The first-order valence-electron chi connectivity index (χ1n) is 8.47. The molecule has 0 bridgehead atoms. The molecule has 0 fully saturated rings. The average molecular weight is 355 g/mol. The van der Waals surface area contributed by atoms with Crippen LogP contribution in [0.3, 0.4) is 0 Å². The van der Waals surface area contributed by atoms with E-state index in [1.54, 1.807) is 24.3 Å². The fourth-order valence-electron chi connectivity index (χ4n) is 2.34. The highest BCUT2D eigenvalue weighted by atomic mass is 16.5. The zero-order chi connectivity index (χ0) is 19.2. The fourth-order valence-corrected chi connectivity index (χ4v) is 2.34. The Labute approximate surface area is 154 Å². The number of methoxy groups -OCH3 is 1. The van der Waals surface area contributed by atoms with Crippen molar-refractivity contribution in [2.75, 3.05) is 19.0 Å².